The number of aliphatic hydroxyl groups excluding tert-OH is 1. The van der Waals surface area contributed by atoms with Crippen LogP contribution in [0.1, 0.15) is 16.8 Å². The van der Waals surface area contributed by atoms with Crippen LogP contribution in [0.15, 0.2) is 66.1 Å². The van der Waals surface area contributed by atoms with Crippen LogP contribution in [0.2, 0.25) is 0 Å². The lowest BCUT2D eigenvalue weighted by Gasteiger charge is -2.32. The highest BCUT2D eigenvalue weighted by atomic mass is 16.5. The second-order valence-corrected chi connectivity index (χ2v) is 7.11. The maximum absolute atomic E-state index is 13.8. The van der Waals surface area contributed by atoms with Gasteiger partial charge < -0.3 is 15.6 Å². The predicted molar refractivity (Wildman–Crippen MR) is 108 cm³/mol. The van der Waals surface area contributed by atoms with Crippen molar-refractivity contribution in [1.82, 2.24) is 9.78 Å². The molecule has 0 unspecified atom stereocenters. The van der Waals surface area contributed by atoms with Crippen molar-refractivity contribution in [3.8, 4) is 17.6 Å². The van der Waals surface area contributed by atoms with Gasteiger partial charge in [-0.25, -0.2) is 4.68 Å². The molecule has 0 saturated carbocycles. The molecule has 0 bridgehead atoms. The van der Waals surface area contributed by atoms with Gasteiger partial charge in [-0.1, -0.05) is 36.4 Å². The molecule has 8 nitrogen and oxygen atoms in total. The zero-order valence-electron chi connectivity index (χ0n) is 16.0. The van der Waals surface area contributed by atoms with Crippen molar-refractivity contribution >= 4 is 11.6 Å². The van der Waals surface area contributed by atoms with Crippen LogP contribution in [0.5, 0.6) is 5.88 Å². The normalized spacial score (nSPS) is 19.5. The fourth-order valence-corrected chi connectivity index (χ4v) is 4.46. The third-order valence-electron chi connectivity index (χ3n) is 5.64. The molecule has 1 atom stereocenters. The monoisotopic (exact) mass is 399 g/mol. The zero-order chi connectivity index (χ0) is 21.0. The molecule has 0 radical (unpaired) electrons. The van der Waals surface area contributed by atoms with Gasteiger partial charge in [-0.05, 0) is 25.1 Å². The fourth-order valence-electron chi connectivity index (χ4n) is 4.46. The van der Waals surface area contributed by atoms with Crippen LogP contribution in [-0.2, 0) is 10.2 Å². The van der Waals surface area contributed by atoms with E-state index in [1.807, 2.05) is 30.3 Å². The maximum atomic E-state index is 13.8. The van der Waals surface area contributed by atoms with Gasteiger partial charge >= 0.3 is 0 Å². The maximum Gasteiger partial charge on any atom is 0.249 e. The Morgan fingerprint density at radius 1 is 1.20 bits per heavy atom. The van der Waals surface area contributed by atoms with Crippen LogP contribution < -0.4 is 15.4 Å². The molecule has 3 aromatic rings. The number of nitriles is 1. The second kappa shape index (κ2) is 6.20. The van der Waals surface area contributed by atoms with Crippen molar-refractivity contribution in [2.75, 3.05) is 11.6 Å². The molecule has 1 spiro atoms. The van der Waals surface area contributed by atoms with Crippen LogP contribution in [0.25, 0.3) is 5.69 Å². The van der Waals surface area contributed by atoms with Crippen molar-refractivity contribution in [2.24, 2.45) is 5.73 Å². The number of aryl methyl sites for hydroxylation is 1. The predicted octanol–water partition coefficient (Wildman–Crippen LogP) is 1.85. The van der Waals surface area contributed by atoms with Gasteiger partial charge in [-0.3, -0.25) is 9.69 Å². The minimum absolute atomic E-state index is 0.0147. The van der Waals surface area contributed by atoms with Gasteiger partial charge in [0.05, 0.1) is 22.6 Å². The van der Waals surface area contributed by atoms with E-state index in [4.69, 9.17) is 10.5 Å². The summed E-state index contributed by atoms with van der Waals surface area (Å²) in [5.41, 5.74) is 7.41. The van der Waals surface area contributed by atoms with Crippen molar-refractivity contribution in [3.63, 3.8) is 0 Å². The van der Waals surface area contributed by atoms with Crippen LogP contribution in [-0.4, -0.2) is 27.5 Å². The lowest BCUT2D eigenvalue weighted by Crippen LogP contribution is -2.46. The lowest BCUT2D eigenvalue weighted by molar-refractivity contribution is -0.121. The summed E-state index contributed by atoms with van der Waals surface area (Å²) in [7, 11) is 0. The van der Waals surface area contributed by atoms with Crippen LogP contribution in [0, 0.1) is 18.3 Å². The van der Waals surface area contributed by atoms with E-state index in [1.54, 1.807) is 35.9 Å². The molecule has 1 aromatic heterocycles. The summed E-state index contributed by atoms with van der Waals surface area (Å²) in [6.07, 6.45) is 0. The number of para-hydroxylation sites is 2. The Bertz CT molecular complexity index is 1270. The first-order valence-corrected chi connectivity index (χ1v) is 9.31. The van der Waals surface area contributed by atoms with Crippen LogP contribution in [0.4, 0.5) is 5.69 Å². The largest absolute Gasteiger partial charge is 0.422 e. The number of rotatable bonds is 2. The van der Waals surface area contributed by atoms with Crippen molar-refractivity contribution < 1.29 is 14.6 Å². The molecule has 3 N–H and O–H groups in total. The van der Waals surface area contributed by atoms with Crippen LogP contribution >= 0.6 is 0 Å². The van der Waals surface area contributed by atoms with Gasteiger partial charge in [-0.15, -0.1) is 0 Å². The standard InChI is InChI=1S/C22H17N5O3/c1-13-18-20(27(25-13)14-7-3-2-4-8-14)30-19(24)16(11-23)22(18)15-9-5-6-10-17(15)26(12-28)21(22)29/h2-10,28H,12,24H2,1H3/t22-/m0/s1. The molecule has 1 amide bonds. The Hall–Kier alpha value is -4.09. The Morgan fingerprint density at radius 3 is 2.60 bits per heavy atom. The number of carbonyl (C=O) groups excluding carboxylic acids is 1. The van der Waals surface area contributed by atoms with Gasteiger partial charge in [0.2, 0.25) is 17.7 Å². The molecule has 8 heteroatoms. The molecule has 5 rings (SSSR count). The number of hydrogen-bond acceptors (Lipinski definition) is 6. The fraction of sp³-hybridized carbons (Fsp3) is 0.136. The van der Waals surface area contributed by atoms with Gasteiger partial charge in [0.15, 0.2) is 0 Å². The SMILES string of the molecule is Cc1nn(-c2ccccc2)c2c1[C@@]1(C(=O)N(CO)c3ccccc31)C(C#N)=C(N)O2. The Labute approximate surface area is 172 Å². The number of aromatic nitrogens is 2. The Balaban J connectivity index is 1.91. The summed E-state index contributed by atoms with van der Waals surface area (Å²) < 4.78 is 7.44. The third-order valence-corrected chi connectivity index (χ3v) is 5.64. The topological polar surface area (TPSA) is 117 Å². The van der Waals surface area contributed by atoms with Gasteiger partial charge in [0.25, 0.3) is 0 Å². The number of aliphatic hydroxyl groups is 1. The third kappa shape index (κ3) is 2.02. The molecular formula is C22H17N5O3. The summed E-state index contributed by atoms with van der Waals surface area (Å²) in [5, 5.41) is 24.6. The van der Waals surface area contributed by atoms with Gasteiger partial charge in [0.1, 0.15) is 23.8 Å². The summed E-state index contributed by atoms with van der Waals surface area (Å²) in [5.74, 6) is -0.353. The summed E-state index contributed by atoms with van der Waals surface area (Å²) in [4.78, 5) is 15.0. The van der Waals surface area contributed by atoms with E-state index >= 15 is 0 Å². The molecule has 3 heterocycles. The van der Waals surface area contributed by atoms with E-state index in [1.165, 1.54) is 4.90 Å². The highest BCUT2D eigenvalue weighted by molar-refractivity contribution is 6.14. The highest BCUT2D eigenvalue weighted by Crippen LogP contribution is 2.56. The number of carbonyl (C=O) groups is 1. The number of amides is 1. The first-order valence-electron chi connectivity index (χ1n) is 9.31. The molecular weight excluding hydrogens is 382 g/mol. The van der Waals surface area contributed by atoms with E-state index < -0.39 is 18.1 Å². The Kier molecular flexibility index (Phi) is 3.72. The molecule has 2 aliphatic heterocycles. The molecule has 0 fully saturated rings. The van der Waals surface area contributed by atoms with Gasteiger partial charge in [-0.2, -0.15) is 10.4 Å². The van der Waals surface area contributed by atoms with Crippen molar-refractivity contribution in [3.05, 3.63) is 82.9 Å². The first kappa shape index (κ1) is 18.0. The van der Waals surface area contributed by atoms with Crippen molar-refractivity contribution in [2.45, 2.75) is 12.3 Å². The zero-order valence-corrected chi connectivity index (χ0v) is 16.0. The molecule has 0 saturated heterocycles. The van der Waals surface area contributed by atoms with E-state index in [9.17, 15) is 15.2 Å². The molecule has 2 aliphatic rings. The van der Waals surface area contributed by atoms with E-state index in [-0.39, 0.29) is 17.3 Å². The number of nitrogens with zero attached hydrogens (tertiary/aromatic N) is 4. The molecule has 2 aromatic carbocycles. The van der Waals surface area contributed by atoms with Crippen LogP contribution in [0.3, 0.4) is 0 Å². The minimum Gasteiger partial charge on any atom is -0.422 e. The number of fused-ring (bicyclic) bond motifs is 4. The molecule has 148 valence electrons. The Morgan fingerprint density at radius 2 is 1.90 bits per heavy atom. The average molecular weight is 399 g/mol. The van der Waals surface area contributed by atoms with E-state index in [0.29, 0.717) is 22.5 Å². The van der Waals surface area contributed by atoms with E-state index in [2.05, 4.69) is 11.2 Å². The smallest absolute Gasteiger partial charge is 0.249 e. The number of anilines is 1. The van der Waals surface area contributed by atoms with Crippen molar-refractivity contribution in [1.29, 1.82) is 5.26 Å². The van der Waals surface area contributed by atoms with Gasteiger partial charge in [0, 0.05) is 5.56 Å². The first-order chi connectivity index (χ1) is 14.6. The lowest BCUT2D eigenvalue weighted by atomic mass is 9.69. The quantitative estimate of drug-likeness (QED) is 0.679. The summed E-state index contributed by atoms with van der Waals surface area (Å²) in [6, 6.07) is 18.4. The number of benzene rings is 2. The second-order valence-electron chi connectivity index (χ2n) is 7.11. The summed E-state index contributed by atoms with van der Waals surface area (Å²) >= 11 is 0. The number of ether oxygens (including phenoxy) is 1. The number of hydrogen-bond donors (Lipinski definition) is 2. The van der Waals surface area contributed by atoms with E-state index in [0.717, 1.165) is 5.69 Å². The molecule has 30 heavy (non-hydrogen) atoms. The highest BCUT2D eigenvalue weighted by Gasteiger charge is 2.61. The molecule has 0 aliphatic carbocycles. The summed E-state index contributed by atoms with van der Waals surface area (Å²) in [6.45, 7) is 1.23. The average Bonchev–Trinajstić information content (AvgIpc) is 3.21. The minimum atomic E-state index is -1.54. The number of nitrogens with two attached hydrogens (primary N) is 1.